The molecule has 0 unspecified atom stereocenters. The summed E-state index contributed by atoms with van der Waals surface area (Å²) in [6.45, 7) is 2.56. The molecule has 2 heterocycles. The number of aromatic nitrogens is 3. The van der Waals surface area contributed by atoms with Crippen molar-refractivity contribution >= 4 is 11.6 Å². The fourth-order valence-corrected chi connectivity index (χ4v) is 1.94. The fraction of sp³-hybridized carbons (Fsp3) is 0.308. The molecular formula is C13H15ClN4. The molecular weight excluding hydrogens is 248 g/mol. The lowest BCUT2D eigenvalue weighted by molar-refractivity contribution is 0.839. The molecule has 2 aromatic heterocycles. The van der Waals surface area contributed by atoms with Crippen molar-refractivity contribution in [3.8, 4) is 11.5 Å². The summed E-state index contributed by atoms with van der Waals surface area (Å²) in [5, 5.41) is 0.556. The van der Waals surface area contributed by atoms with Gasteiger partial charge in [0.15, 0.2) is 5.82 Å². The largest absolute Gasteiger partial charge is 0.326 e. The van der Waals surface area contributed by atoms with Crippen molar-refractivity contribution in [3.63, 3.8) is 0 Å². The SMILES string of the molecule is CCCc1nc(-c2ncccc2Cl)ncc1CN. The molecule has 4 nitrogen and oxygen atoms in total. The van der Waals surface area contributed by atoms with Gasteiger partial charge in [0.05, 0.1) is 5.02 Å². The minimum atomic E-state index is 0.450. The Morgan fingerprint density at radius 2 is 2.17 bits per heavy atom. The molecule has 0 bridgehead atoms. The molecule has 0 spiro atoms. The monoisotopic (exact) mass is 262 g/mol. The predicted molar refractivity (Wildman–Crippen MR) is 72.2 cm³/mol. The van der Waals surface area contributed by atoms with Gasteiger partial charge in [-0.2, -0.15) is 0 Å². The maximum Gasteiger partial charge on any atom is 0.179 e. The van der Waals surface area contributed by atoms with Crippen molar-refractivity contribution in [1.82, 2.24) is 15.0 Å². The van der Waals surface area contributed by atoms with Gasteiger partial charge in [0.2, 0.25) is 0 Å². The Morgan fingerprint density at radius 3 is 2.83 bits per heavy atom. The highest BCUT2D eigenvalue weighted by atomic mass is 35.5. The Labute approximate surface area is 111 Å². The van der Waals surface area contributed by atoms with Crippen molar-refractivity contribution in [1.29, 1.82) is 0 Å². The van der Waals surface area contributed by atoms with Gasteiger partial charge in [0.25, 0.3) is 0 Å². The third-order valence-electron chi connectivity index (χ3n) is 2.63. The van der Waals surface area contributed by atoms with Crippen LogP contribution in [0.2, 0.25) is 5.02 Å². The fourth-order valence-electron chi connectivity index (χ4n) is 1.73. The van der Waals surface area contributed by atoms with Crippen LogP contribution in [-0.2, 0) is 13.0 Å². The second kappa shape index (κ2) is 5.89. The van der Waals surface area contributed by atoms with Crippen molar-refractivity contribution in [3.05, 3.63) is 40.8 Å². The van der Waals surface area contributed by atoms with Crippen LogP contribution in [0.25, 0.3) is 11.5 Å². The van der Waals surface area contributed by atoms with Crippen LogP contribution < -0.4 is 5.73 Å². The second-order valence-corrected chi connectivity index (χ2v) is 4.36. The molecule has 0 aromatic carbocycles. The first-order valence-corrected chi connectivity index (χ1v) is 6.29. The van der Waals surface area contributed by atoms with Gasteiger partial charge in [0, 0.05) is 30.2 Å². The zero-order chi connectivity index (χ0) is 13.0. The van der Waals surface area contributed by atoms with E-state index in [1.807, 2.05) is 0 Å². The maximum absolute atomic E-state index is 6.09. The molecule has 2 aromatic rings. The lowest BCUT2D eigenvalue weighted by Gasteiger charge is -2.08. The molecule has 2 N–H and O–H groups in total. The summed E-state index contributed by atoms with van der Waals surface area (Å²) in [5.41, 5.74) is 8.25. The van der Waals surface area contributed by atoms with E-state index in [1.165, 1.54) is 0 Å². The van der Waals surface area contributed by atoms with Crippen LogP contribution in [0.5, 0.6) is 0 Å². The van der Waals surface area contributed by atoms with Crippen molar-refractivity contribution in [2.24, 2.45) is 5.73 Å². The second-order valence-electron chi connectivity index (χ2n) is 3.95. The Hall–Kier alpha value is -1.52. The van der Waals surface area contributed by atoms with E-state index in [0.29, 0.717) is 23.1 Å². The molecule has 2 rings (SSSR count). The number of nitrogens with zero attached hydrogens (tertiary/aromatic N) is 3. The summed E-state index contributed by atoms with van der Waals surface area (Å²) in [6.07, 6.45) is 5.34. The van der Waals surface area contributed by atoms with E-state index in [0.717, 1.165) is 24.1 Å². The molecule has 0 aliphatic heterocycles. The molecule has 18 heavy (non-hydrogen) atoms. The van der Waals surface area contributed by atoms with Gasteiger partial charge in [-0.25, -0.2) is 9.97 Å². The number of nitrogens with two attached hydrogens (primary N) is 1. The van der Waals surface area contributed by atoms with Gasteiger partial charge < -0.3 is 5.73 Å². The van der Waals surface area contributed by atoms with Crippen molar-refractivity contribution in [2.75, 3.05) is 0 Å². The van der Waals surface area contributed by atoms with Crippen LogP contribution in [0.4, 0.5) is 0 Å². The number of rotatable bonds is 4. The summed E-state index contributed by atoms with van der Waals surface area (Å²) >= 11 is 6.09. The third-order valence-corrected chi connectivity index (χ3v) is 2.94. The molecule has 0 atom stereocenters. The molecule has 0 saturated carbocycles. The smallest absolute Gasteiger partial charge is 0.179 e. The Morgan fingerprint density at radius 1 is 1.33 bits per heavy atom. The van der Waals surface area contributed by atoms with E-state index in [2.05, 4.69) is 21.9 Å². The number of halogens is 1. The van der Waals surface area contributed by atoms with Gasteiger partial charge in [-0.15, -0.1) is 0 Å². The normalized spacial score (nSPS) is 10.6. The number of aryl methyl sites for hydroxylation is 1. The molecule has 0 aliphatic rings. The van der Waals surface area contributed by atoms with E-state index in [-0.39, 0.29) is 0 Å². The summed E-state index contributed by atoms with van der Waals surface area (Å²) in [5.74, 6) is 0.557. The Bertz CT molecular complexity index is 542. The van der Waals surface area contributed by atoms with E-state index < -0.39 is 0 Å². The predicted octanol–water partition coefficient (Wildman–Crippen LogP) is 2.60. The molecule has 0 amide bonds. The van der Waals surface area contributed by atoms with Crippen molar-refractivity contribution < 1.29 is 0 Å². The van der Waals surface area contributed by atoms with Gasteiger partial charge in [-0.3, -0.25) is 4.98 Å². The molecule has 5 heteroatoms. The maximum atomic E-state index is 6.09. The van der Waals surface area contributed by atoms with Gasteiger partial charge in [-0.05, 0) is 18.6 Å². The van der Waals surface area contributed by atoms with Crippen LogP contribution >= 0.6 is 11.6 Å². The standard InChI is InChI=1S/C13H15ClN4/c1-2-4-11-9(7-15)8-17-13(18-11)12-10(14)5-3-6-16-12/h3,5-6,8H,2,4,7,15H2,1H3. The summed E-state index contributed by atoms with van der Waals surface area (Å²) in [4.78, 5) is 13.0. The van der Waals surface area contributed by atoms with E-state index in [4.69, 9.17) is 17.3 Å². The quantitative estimate of drug-likeness (QED) is 0.920. The van der Waals surface area contributed by atoms with Gasteiger partial charge >= 0.3 is 0 Å². The first kappa shape index (κ1) is 12.9. The highest BCUT2D eigenvalue weighted by molar-refractivity contribution is 6.32. The molecule has 0 fully saturated rings. The minimum absolute atomic E-state index is 0.450. The number of hydrogen-bond acceptors (Lipinski definition) is 4. The molecule has 0 radical (unpaired) electrons. The lowest BCUT2D eigenvalue weighted by atomic mass is 10.1. The summed E-state index contributed by atoms with van der Waals surface area (Å²) in [7, 11) is 0. The van der Waals surface area contributed by atoms with Gasteiger partial charge in [0.1, 0.15) is 5.69 Å². The highest BCUT2D eigenvalue weighted by Gasteiger charge is 2.10. The molecule has 0 aliphatic carbocycles. The summed E-state index contributed by atoms with van der Waals surface area (Å²) < 4.78 is 0. The van der Waals surface area contributed by atoms with E-state index in [1.54, 1.807) is 24.5 Å². The number of hydrogen-bond donors (Lipinski definition) is 1. The van der Waals surface area contributed by atoms with Crippen LogP contribution in [-0.4, -0.2) is 15.0 Å². The number of pyridine rings is 1. The zero-order valence-electron chi connectivity index (χ0n) is 10.2. The summed E-state index contributed by atoms with van der Waals surface area (Å²) in [6, 6.07) is 3.57. The third kappa shape index (κ3) is 2.66. The van der Waals surface area contributed by atoms with Crippen LogP contribution in [0, 0.1) is 0 Å². The van der Waals surface area contributed by atoms with Crippen LogP contribution in [0.1, 0.15) is 24.6 Å². The first-order valence-electron chi connectivity index (χ1n) is 5.92. The van der Waals surface area contributed by atoms with Crippen molar-refractivity contribution in [2.45, 2.75) is 26.3 Å². The average Bonchev–Trinajstić information content (AvgIpc) is 2.40. The highest BCUT2D eigenvalue weighted by Crippen LogP contribution is 2.22. The molecule has 94 valence electrons. The van der Waals surface area contributed by atoms with Crippen LogP contribution in [0.15, 0.2) is 24.5 Å². The molecule has 0 saturated heterocycles. The first-order chi connectivity index (χ1) is 8.76. The minimum Gasteiger partial charge on any atom is -0.326 e. The topological polar surface area (TPSA) is 64.7 Å². The van der Waals surface area contributed by atoms with Gasteiger partial charge in [-0.1, -0.05) is 24.9 Å². The average molecular weight is 263 g/mol. The van der Waals surface area contributed by atoms with Crippen LogP contribution in [0.3, 0.4) is 0 Å². The Kier molecular flexibility index (Phi) is 4.23. The zero-order valence-corrected chi connectivity index (χ0v) is 11.0. The lowest BCUT2D eigenvalue weighted by Crippen LogP contribution is -2.07. The van der Waals surface area contributed by atoms with E-state index in [9.17, 15) is 0 Å². The van der Waals surface area contributed by atoms with E-state index >= 15 is 0 Å². The Balaban J connectivity index is 2.47.